The summed E-state index contributed by atoms with van der Waals surface area (Å²) in [4.78, 5) is 40.6. The molecule has 0 saturated carbocycles. The standard InChI is InChI=1S/C22H17Cl2N3O4S/c1-2-15-10-16-20(30)27(14-5-3-4-12(23)8-14)22(31)26(21(16)32-15)11-19(29)25-17-9-13(24)6-7-18(17)28/h3-10,28H,2,11H2,1H3,(H,25,29). The molecule has 2 heterocycles. The fourth-order valence-electron chi connectivity index (χ4n) is 3.30. The number of halogens is 2. The third-order valence-corrected chi connectivity index (χ3v) is 6.59. The molecule has 2 aromatic carbocycles. The van der Waals surface area contributed by atoms with Crippen molar-refractivity contribution in [2.45, 2.75) is 19.9 Å². The number of aryl methyl sites for hydroxylation is 1. The fourth-order valence-corrected chi connectivity index (χ4v) is 4.73. The second-order valence-corrected chi connectivity index (χ2v) is 8.97. The van der Waals surface area contributed by atoms with Crippen molar-refractivity contribution in [1.82, 2.24) is 9.13 Å². The first-order chi connectivity index (χ1) is 15.3. The van der Waals surface area contributed by atoms with E-state index in [1.807, 2.05) is 6.92 Å². The van der Waals surface area contributed by atoms with Gasteiger partial charge in [-0.2, -0.15) is 0 Å². The highest BCUT2D eigenvalue weighted by atomic mass is 35.5. The van der Waals surface area contributed by atoms with Gasteiger partial charge in [0.25, 0.3) is 5.56 Å². The first-order valence-electron chi connectivity index (χ1n) is 9.61. The number of benzene rings is 2. The SMILES string of the molecule is CCc1cc2c(=O)n(-c3cccc(Cl)c3)c(=O)n(CC(=O)Nc3cc(Cl)ccc3O)c2s1. The largest absolute Gasteiger partial charge is 0.506 e. The average Bonchev–Trinajstić information content (AvgIpc) is 3.19. The summed E-state index contributed by atoms with van der Waals surface area (Å²) in [7, 11) is 0. The van der Waals surface area contributed by atoms with E-state index in [2.05, 4.69) is 5.32 Å². The number of aromatic nitrogens is 2. The topological polar surface area (TPSA) is 93.3 Å². The summed E-state index contributed by atoms with van der Waals surface area (Å²) < 4.78 is 2.25. The summed E-state index contributed by atoms with van der Waals surface area (Å²) in [6, 6.07) is 12.4. The number of nitrogens with one attached hydrogen (secondary N) is 1. The number of fused-ring (bicyclic) bond motifs is 1. The van der Waals surface area contributed by atoms with E-state index in [0.29, 0.717) is 32.4 Å². The Morgan fingerprint density at radius 3 is 2.56 bits per heavy atom. The minimum Gasteiger partial charge on any atom is -0.506 e. The van der Waals surface area contributed by atoms with Gasteiger partial charge < -0.3 is 10.4 Å². The van der Waals surface area contributed by atoms with E-state index in [4.69, 9.17) is 23.2 Å². The first kappa shape index (κ1) is 22.1. The van der Waals surface area contributed by atoms with Crippen molar-refractivity contribution in [3.05, 3.63) is 84.3 Å². The molecule has 0 spiro atoms. The monoisotopic (exact) mass is 489 g/mol. The molecule has 0 radical (unpaired) electrons. The molecule has 1 amide bonds. The molecule has 164 valence electrons. The Balaban J connectivity index is 1.85. The molecule has 4 rings (SSSR count). The molecule has 2 N–H and O–H groups in total. The lowest BCUT2D eigenvalue weighted by Crippen LogP contribution is -2.40. The van der Waals surface area contributed by atoms with Crippen molar-refractivity contribution in [1.29, 1.82) is 0 Å². The average molecular weight is 490 g/mol. The van der Waals surface area contributed by atoms with Gasteiger partial charge in [0.1, 0.15) is 17.1 Å². The molecule has 4 aromatic rings. The minimum atomic E-state index is -0.667. The molecule has 0 aliphatic rings. The molecule has 0 aliphatic carbocycles. The molecule has 0 bridgehead atoms. The van der Waals surface area contributed by atoms with Gasteiger partial charge in [-0.05, 0) is 48.9 Å². The lowest BCUT2D eigenvalue weighted by molar-refractivity contribution is -0.116. The molecule has 0 atom stereocenters. The van der Waals surface area contributed by atoms with E-state index in [1.54, 1.807) is 24.3 Å². The Bertz CT molecular complexity index is 1470. The quantitative estimate of drug-likeness (QED) is 0.405. The fraction of sp³-hybridized carbons (Fsp3) is 0.136. The van der Waals surface area contributed by atoms with Gasteiger partial charge >= 0.3 is 5.69 Å². The van der Waals surface area contributed by atoms with Crippen molar-refractivity contribution in [2.24, 2.45) is 0 Å². The van der Waals surface area contributed by atoms with Crippen LogP contribution in [0.2, 0.25) is 10.0 Å². The number of hydrogen-bond donors (Lipinski definition) is 2. The maximum atomic E-state index is 13.4. The molecular formula is C22H17Cl2N3O4S. The predicted molar refractivity (Wildman–Crippen MR) is 128 cm³/mol. The van der Waals surface area contributed by atoms with Gasteiger partial charge in [0, 0.05) is 14.9 Å². The van der Waals surface area contributed by atoms with Crippen LogP contribution in [0.3, 0.4) is 0 Å². The Hall–Kier alpha value is -3.07. The van der Waals surface area contributed by atoms with Crippen molar-refractivity contribution >= 4 is 56.3 Å². The van der Waals surface area contributed by atoms with E-state index in [1.165, 1.54) is 40.2 Å². The summed E-state index contributed by atoms with van der Waals surface area (Å²) >= 11 is 13.3. The molecule has 32 heavy (non-hydrogen) atoms. The summed E-state index contributed by atoms with van der Waals surface area (Å²) in [5, 5.41) is 13.6. The lowest BCUT2D eigenvalue weighted by Gasteiger charge is -2.13. The number of carbonyl (C=O) groups is 1. The van der Waals surface area contributed by atoms with Crippen LogP contribution in [0.4, 0.5) is 5.69 Å². The van der Waals surface area contributed by atoms with Crippen LogP contribution in [0.5, 0.6) is 5.75 Å². The number of anilines is 1. The van der Waals surface area contributed by atoms with Crippen LogP contribution in [-0.4, -0.2) is 20.1 Å². The van der Waals surface area contributed by atoms with E-state index in [9.17, 15) is 19.5 Å². The van der Waals surface area contributed by atoms with Crippen molar-refractivity contribution in [2.75, 3.05) is 5.32 Å². The first-order valence-corrected chi connectivity index (χ1v) is 11.2. The summed E-state index contributed by atoms with van der Waals surface area (Å²) in [6.45, 7) is 1.57. The van der Waals surface area contributed by atoms with Crippen molar-refractivity contribution in [3.8, 4) is 11.4 Å². The van der Waals surface area contributed by atoms with Gasteiger partial charge in [0.05, 0.1) is 16.8 Å². The zero-order valence-corrected chi connectivity index (χ0v) is 19.1. The number of carbonyl (C=O) groups excluding carboxylic acids is 1. The molecule has 0 unspecified atom stereocenters. The van der Waals surface area contributed by atoms with Crippen LogP contribution < -0.4 is 16.6 Å². The number of aromatic hydroxyl groups is 1. The Morgan fingerprint density at radius 1 is 1.09 bits per heavy atom. The zero-order chi connectivity index (χ0) is 23.0. The number of thiophene rings is 1. The number of nitrogens with zero attached hydrogens (tertiary/aromatic N) is 2. The van der Waals surface area contributed by atoms with Gasteiger partial charge in [-0.15, -0.1) is 11.3 Å². The molecule has 0 saturated heterocycles. The van der Waals surface area contributed by atoms with E-state index in [0.717, 1.165) is 9.44 Å². The van der Waals surface area contributed by atoms with Crippen LogP contribution in [-0.2, 0) is 17.8 Å². The van der Waals surface area contributed by atoms with Crippen LogP contribution in [0, 0.1) is 0 Å². The molecule has 0 aliphatic heterocycles. The van der Waals surface area contributed by atoms with Gasteiger partial charge in [-0.3, -0.25) is 14.2 Å². The summed E-state index contributed by atoms with van der Waals surface area (Å²) in [5.74, 6) is -0.720. The second-order valence-electron chi connectivity index (χ2n) is 6.98. The van der Waals surface area contributed by atoms with Gasteiger partial charge in [-0.1, -0.05) is 36.2 Å². The highest BCUT2D eigenvalue weighted by Gasteiger charge is 2.19. The van der Waals surface area contributed by atoms with E-state index >= 15 is 0 Å². The van der Waals surface area contributed by atoms with Crippen LogP contribution >= 0.6 is 34.5 Å². The predicted octanol–water partition coefficient (Wildman–Crippen LogP) is 4.43. The molecule has 2 aromatic heterocycles. The van der Waals surface area contributed by atoms with E-state index in [-0.39, 0.29) is 18.0 Å². The van der Waals surface area contributed by atoms with E-state index < -0.39 is 17.2 Å². The Kier molecular flexibility index (Phi) is 6.10. The molecule has 10 heteroatoms. The molecular weight excluding hydrogens is 473 g/mol. The smallest absolute Gasteiger partial charge is 0.337 e. The normalized spacial score (nSPS) is 11.1. The molecule has 7 nitrogen and oxygen atoms in total. The maximum absolute atomic E-state index is 13.4. The van der Waals surface area contributed by atoms with Crippen molar-refractivity contribution < 1.29 is 9.90 Å². The zero-order valence-electron chi connectivity index (χ0n) is 16.8. The minimum absolute atomic E-state index is 0.121. The number of rotatable bonds is 5. The second kappa shape index (κ2) is 8.82. The number of phenolic OH excluding ortho intramolecular Hbond substituents is 1. The van der Waals surface area contributed by atoms with Crippen LogP contribution in [0.25, 0.3) is 15.9 Å². The Morgan fingerprint density at radius 2 is 1.84 bits per heavy atom. The highest BCUT2D eigenvalue weighted by Crippen LogP contribution is 2.27. The lowest BCUT2D eigenvalue weighted by atomic mass is 10.3. The van der Waals surface area contributed by atoms with Gasteiger partial charge in [0.15, 0.2) is 0 Å². The van der Waals surface area contributed by atoms with Gasteiger partial charge in [-0.25, -0.2) is 9.36 Å². The third-order valence-electron chi connectivity index (χ3n) is 4.81. The molecule has 0 fully saturated rings. The highest BCUT2D eigenvalue weighted by molar-refractivity contribution is 7.18. The number of amides is 1. The summed E-state index contributed by atoms with van der Waals surface area (Å²) in [6.07, 6.45) is 0.673. The number of phenols is 1. The number of hydrogen-bond acceptors (Lipinski definition) is 5. The van der Waals surface area contributed by atoms with Crippen LogP contribution in [0.15, 0.2) is 58.1 Å². The maximum Gasteiger partial charge on any atom is 0.337 e. The van der Waals surface area contributed by atoms with Gasteiger partial charge in [0.2, 0.25) is 5.91 Å². The summed E-state index contributed by atoms with van der Waals surface area (Å²) in [5.41, 5.74) is -0.720. The van der Waals surface area contributed by atoms with Crippen LogP contribution in [0.1, 0.15) is 11.8 Å². The van der Waals surface area contributed by atoms with Crippen molar-refractivity contribution in [3.63, 3.8) is 0 Å². The third kappa shape index (κ3) is 4.17. The Labute approximate surface area is 196 Å².